The number of Topliss-reactive ketones (excluding diaryl/α,β-unsaturated/α-hetero) is 1. The highest BCUT2D eigenvalue weighted by molar-refractivity contribution is 6.04. The van der Waals surface area contributed by atoms with E-state index in [1.807, 2.05) is 60.6 Å². The highest BCUT2D eigenvalue weighted by atomic mass is 16.7. The van der Waals surface area contributed by atoms with Gasteiger partial charge in [-0.3, -0.25) is 9.59 Å². The second-order valence-electron chi connectivity index (χ2n) is 16.7. The first-order valence-electron chi connectivity index (χ1n) is 20.5. The minimum atomic E-state index is -1.49. The molecule has 2 heterocycles. The van der Waals surface area contributed by atoms with Crippen LogP contribution >= 0.6 is 0 Å². The molecule has 0 aromatic heterocycles. The van der Waals surface area contributed by atoms with Gasteiger partial charge in [-0.05, 0) is 38.2 Å². The zero-order valence-electron chi connectivity index (χ0n) is 36.7. The maximum Gasteiger partial charge on any atom is 0.373 e. The minimum Gasteiger partial charge on any atom is -0.510 e. The van der Waals surface area contributed by atoms with E-state index in [9.17, 15) is 34.5 Å². The quantitative estimate of drug-likeness (QED) is 0.138. The van der Waals surface area contributed by atoms with Gasteiger partial charge < -0.3 is 49.1 Å². The zero-order valence-corrected chi connectivity index (χ0v) is 36.7. The SMILES string of the molecule is CO/C1=C\C(C)=C\[C@@H](C)[C@@H](O)[C@@H](C)C/C(C)=C/C=C/[C@H](OC)[C@@H]([C@@H](C)[C@@H](O)[C@H](C)[C@@]2(OC)C[C@@H](OC(=O)/C=C/C(=O)NC3=C(O)CCC3=O)[C@H](C)[C@@H](C(C)C)O2)OC1=O. The summed E-state index contributed by atoms with van der Waals surface area (Å²) in [5, 5.41) is 35.5. The first-order valence-corrected chi connectivity index (χ1v) is 20.5. The van der Waals surface area contributed by atoms with Crippen LogP contribution < -0.4 is 5.32 Å². The van der Waals surface area contributed by atoms with E-state index in [4.69, 9.17) is 28.4 Å². The molecule has 1 amide bonds. The van der Waals surface area contributed by atoms with Crippen LogP contribution in [-0.2, 0) is 47.6 Å². The van der Waals surface area contributed by atoms with Crippen molar-refractivity contribution in [2.24, 2.45) is 35.5 Å². The van der Waals surface area contributed by atoms with Crippen LogP contribution in [0.5, 0.6) is 0 Å². The van der Waals surface area contributed by atoms with Crippen molar-refractivity contribution in [3.63, 3.8) is 0 Å². The molecular formula is C45H67NO13. The molecule has 0 radical (unpaired) electrons. The van der Waals surface area contributed by atoms with E-state index in [1.54, 1.807) is 32.1 Å². The lowest BCUT2D eigenvalue weighted by Crippen LogP contribution is -2.60. The molecule has 3 aliphatic rings. The van der Waals surface area contributed by atoms with Crippen LogP contribution in [0.4, 0.5) is 0 Å². The highest BCUT2D eigenvalue weighted by Gasteiger charge is 2.54. The van der Waals surface area contributed by atoms with Gasteiger partial charge in [0.25, 0.3) is 0 Å². The molecule has 1 fully saturated rings. The third-order valence-electron chi connectivity index (χ3n) is 11.8. The average molecular weight is 830 g/mol. The second-order valence-corrected chi connectivity index (χ2v) is 16.7. The van der Waals surface area contributed by atoms with Crippen molar-refractivity contribution < 1.29 is 62.9 Å². The van der Waals surface area contributed by atoms with Gasteiger partial charge in [-0.25, -0.2) is 9.59 Å². The number of carbonyl (C=O) groups is 4. The average Bonchev–Trinajstić information content (AvgIpc) is 3.51. The number of aliphatic hydroxyl groups is 3. The predicted octanol–water partition coefficient (Wildman–Crippen LogP) is 5.70. The number of methoxy groups -OCH3 is 3. The molecule has 0 spiro atoms. The fourth-order valence-corrected chi connectivity index (χ4v) is 8.25. The summed E-state index contributed by atoms with van der Waals surface area (Å²) < 4.78 is 36.3. The van der Waals surface area contributed by atoms with E-state index >= 15 is 0 Å². The molecule has 14 heteroatoms. The van der Waals surface area contributed by atoms with Crippen LogP contribution in [-0.4, -0.2) is 103 Å². The predicted molar refractivity (Wildman–Crippen MR) is 220 cm³/mol. The summed E-state index contributed by atoms with van der Waals surface area (Å²) in [6.45, 7) is 17.0. The second kappa shape index (κ2) is 22.0. The molecule has 0 unspecified atom stereocenters. The number of aliphatic hydroxyl groups excluding tert-OH is 3. The number of rotatable bonds is 12. The summed E-state index contributed by atoms with van der Waals surface area (Å²) >= 11 is 0. The van der Waals surface area contributed by atoms with E-state index in [-0.39, 0.29) is 60.1 Å². The van der Waals surface area contributed by atoms with Gasteiger partial charge in [-0.2, -0.15) is 0 Å². The van der Waals surface area contributed by atoms with E-state index in [0.29, 0.717) is 12.0 Å². The molecule has 1 saturated heterocycles. The number of carbonyl (C=O) groups excluding carboxylic acids is 4. The molecule has 330 valence electrons. The number of esters is 2. The molecule has 1 aliphatic carbocycles. The van der Waals surface area contributed by atoms with Gasteiger partial charge in [0.1, 0.15) is 29.8 Å². The maximum absolute atomic E-state index is 13.8. The minimum absolute atomic E-state index is 0.00964. The monoisotopic (exact) mass is 829 g/mol. The zero-order chi connectivity index (χ0) is 44.4. The normalized spacial score (nSPS) is 35.1. The number of ketones is 1. The van der Waals surface area contributed by atoms with Crippen molar-refractivity contribution in [2.45, 2.75) is 130 Å². The Kier molecular flexibility index (Phi) is 18.3. The Morgan fingerprint density at radius 1 is 1.02 bits per heavy atom. The standard InChI is InChI=1S/C45H67NO13/c1-24(2)42-29(7)36(57-38(50)19-18-37(49)46-39-32(47)16-17-33(39)48)23-45(56-12,59-42)31(9)41(52)30(8)43-34(54-10)15-13-14-25(3)20-27(5)40(51)28(6)21-26(4)22-35(55-11)44(53)58-43/h13-15,18-19,21-22,24,27-31,34,36,40-43,47,51-52H,16-17,20,23H2,1-12H3,(H,46,49)/b15-13+,19-18+,25-14+,26-21+,35-22-/t27-,28+,29-,30-,31-,34-,36+,40-,41+,42+,43+,45+/m0/s1. The van der Waals surface area contributed by atoms with E-state index in [1.165, 1.54) is 21.3 Å². The Morgan fingerprint density at radius 2 is 1.69 bits per heavy atom. The van der Waals surface area contributed by atoms with E-state index in [2.05, 4.69) is 5.32 Å². The summed E-state index contributed by atoms with van der Waals surface area (Å²) in [4.78, 5) is 51.4. The number of amides is 1. The summed E-state index contributed by atoms with van der Waals surface area (Å²) in [5.41, 5.74) is 1.53. The molecule has 3 rings (SSSR count). The molecule has 4 N–H and O–H groups in total. The van der Waals surface area contributed by atoms with Crippen LogP contribution in [0, 0.1) is 35.5 Å². The number of nitrogens with one attached hydrogen (secondary N) is 1. The highest BCUT2D eigenvalue weighted by Crippen LogP contribution is 2.44. The summed E-state index contributed by atoms with van der Waals surface area (Å²) in [6.07, 6.45) is 6.62. The Balaban J connectivity index is 1.96. The van der Waals surface area contributed by atoms with Gasteiger partial charge in [0, 0.05) is 69.3 Å². The van der Waals surface area contributed by atoms with Crippen molar-refractivity contribution in [2.75, 3.05) is 21.3 Å². The topological polar surface area (TPSA) is 196 Å². The van der Waals surface area contributed by atoms with Crippen molar-refractivity contribution in [1.82, 2.24) is 5.32 Å². The molecule has 0 bridgehead atoms. The molecule has 14 nitrogen and oxygen atoms in total. The summed E-state index contributed by atoms with van der Waals surface area (Å²) in [7, 11) is 4.29. The van der Waals surface area contributed by atoms with Crippen molar-refractivity contribution in [3.8, 4) is 0 Å². The number of hydrogen-bond donors (Lipinski definition) is 4. The Bertz CT molecular complexity index is 1690. The molecule has 2 aliphatic heterocycles. The Morgan fingerprint density at radius 3 is 2.27 bits per heavy atom. The van der Waals surface area contributed by atoms with Gasteiger partial charge in [-0.15, -0.1) is 0 Å². The molecule has 12 atom stereocenters. The first kappa shape index (κ1) is 49.3. The molecule has 0 aromatic carbocycles. The molecule has 0 saturated carbocycles. The van der Waals surface area contributed by atoms with Gasteiger partial charge in [0.2, 0.25) is 11.7 Å². The van der Waals surface area contributed by atoms with Crippen molar-refractivity contribution >= 4 is 23.6 Å². The fourth-order valence-electron chi connectivity index (χ4n) is 8.25. The van der Waals surface area contributed by atoms with Crippen LogP contribution in [0.1, 0.15) is 88.0 Å². The first-order chi connectivity index (χ1) is 27.7. The Labute approximate surface area is 349 Å². The van der Waals surface area contributed by atoms with Crippen LogP contribution in [0.15, 0.2) is 70.9 Å². The fraction of sp³-hybridized carbons (Fsp3) is 0.644. The number of hydrogen-bond acceptors (Lipinski definition) is 13. The van der Waals surface area contributed by atoms with Crippen LogP contribution in [0.2, 0.25) is 0 Å². The van der Waals surface area contributed by atoms with Crippen molar-refractivity contribution in [1.29, 1.82) is 0 Å². The van der Waals surface area contributed by atoms with Gasteiger partial charge in [-0.1, -0.05) is 83.9 Å². The summed E-state index contributed by atoms with van der Waals surface area (Å²) in [6, 6.07) is 0. The molecule has 59 heavy (non-hydrogen) atoms. The molecule has 0 aromatic rings. The third kappa shape index (κ3) is 12.7. The van der Waals surface area contributed by atoms with E-state index in [0.717, 1.165) is 17.7 Å². The van der Waals surface area contributed by atoms with E-state index < -0.39 is 77.9 Å². The lowest BCUT2D eigenvalue weighted by atomic mass is 9.76. The van der Waals surface area contributed by atoms with Crippen LogP contribution in [0.3, 0.4) is 0 Å². The summed E-state index contributed by atoms with van der Waals surface area (Å²) in [5.74, 6) is -6.84. The largest absolute Gasteiger partial charge is 0.510 e. The third-order valence-corrected chi connectivity index (χ3v) is 11.8. The van der Waals surface area contributed by atoms with Gasteiger partial charge >= 0.3 is 11.9 Å². The lowest BCUT2D eigenvalue weighted by Gasteiger charge is -2.51. The maximum atomic E-state index is 13.8. The smallest absolute Gasteiger partial charge is 0.373 e. The number of ether oxygens (including phenoxy) is 6. The number of allylic oxidation sites excluding steroid dienone is 7. The number of cyclic esters (lactones) is 1. The van der Waals surface area contributed by atoms with Gasteiger partial charge in [0.05, 0.1) is 25.4 Å². The Hall–Kier alpha value is -4.08. The van der Waals surface area contributed by atoms with Crippen LogP contribution in [0.25, 0.3) is 0 Å². The van der Waals surface area contributed by atoms with Gasteiger partial charge in [0.15, 0.2) is 11.6 Å². The molecular weight excluding hydrogens is 762 g/mol. The van der Waals surface area contributed by atoms with Crippen molar-refractivity contribution in [3.05, 3.63) is 70.9 Å². The lowest BCUT2D eigenvalue weighted by molar-refractivity contribution is -0.339.